The molecule has 1 saturated heterocycles. The number of hydrogen-bond acceptors (Lipinski definition) is 6. The van der Waals surface area contributed by atoms with E-state index in [4.69, 9.17) is 0 Å². The lowest BCUT2D eigenvalue weighted by Gasteiger charge is -2.20. The molecule has 2 aromatic rings. The number of hydrogen-bond donors (Lipinski definition) is 2. The molecule has 112 valence electrons. The highest BCUT2D eigenvalue weighted by Gasteiger charge is 2.22. The lowest BCUT2D eigenvalue weighted by Crippen LogP contribution is -2.34. The molecule has 3 rings (SSSR count). The lowest BCUT2D eigenvalue weighted by molar-refractivity contribution is -0.120. The number of carbonyl (C=O) groups is 1. The number of anilines is 1. The molecule has 1 fully saturated rings. The zero-order valence-corrected chi connectivity index (χ0v) is 12.9. The highest BCUT2D eigenvalue weighted by molar-refractivity contribution is 7.18. The highest BCUT2D eigenvalue weighted by atomic mass is 35.5. The fraction of sp³-hybridized carbons (Fsp3) is 0.385. The average Bonchev–Trinajstić information content (AvgIpc) is 2.97. The lowest BCUT2D eigenvalue weighted by atomic mass is 9.97. The van der Waals surface area contributed by atoms with Crippen LogP contribution in [0.3, 0.4) is 0 Å². The molecule has 0 aromatic carbocycles. The second kappa shape index (κ2) is 7.44. The van der Waals surface area contributed by atoms with Gasteiger partial charge in [0.2, 0.25) is 11.0 Å². The smallest absolute Gasteiger partial charge is 0.229 e. The van der Waals surface area contributed by atoms with Crippen LogP contribution in [0.5, 0.6) is 0 Å². The van der Waals surface area contributed by atoms with Gasteiger partial charge in [-0.15, -0.1) is 22.6 Å². The number of piperidine rings is 1. The van der Waals surface area contributed by atoms with Crippen molar-refractivity contribution < 1.29 is 4.79 Å². The molecule has 1 aliphatic rings. The van der Waals surface area contributed by atoms with Crippen LogP contribution in [0, 0.1) is 5.92 Å². The van der Waals surface area contributed by atoms with Crippen LogP contribution in [0.4, 0.5) is 5.13 Å². The molecule has 0 spiro atoms. The van der Waals surface area contributed by atoms with E-state index in [1.807, 2.05) is 18.2 Å². The van der Waals surface area contributed by atoms with Crippen molar-refractivity contribution in [3.63, 3.8) is 0 Å². The maximum Gasteiger partial charge on any atom is 0.229 e. The van der Waals surface area contributed by atoms with Crippen LogP contribution in [0.25, 0.3) is 10.7 Å². The second-order valence-corrected chi connectivity index (χ2v) is 5.62. The summed E-state index contributed by atoms with van der Waals surface area (Å²) in [5, 5.41) is 15.4. The van der Waals surface area contributed by atoms with Gasteiger partial charge in [0.1, 0.15) is 5.69 Å². The van der Waals surface area contributed by atoms with E-state index in [-0.39, 0.29) is 24.2 Å². The minimum Gasteiger partial charge on any atom is -0.317 e. The Morgan fingerprint density at radius 3 is 2.81 bits per heavy atom. The van der Waals surface area contributed by atoms with Gasteiger partial charge in [-0.05, 0) is 38.1 Å². The minimum absolute atomic E-state index is 0. The van der Waals surface area contributed by atoms with Crippen LogP contribution in [0.1, 0.15) is 12.8 Å². The largest absolute Gasteiger partial charge is 0.317 e. The van der Waals surface area contributed by atoms with Gasteiger partial charge in [0, 0.05) is 12.1 Å². The van der Waals surface area contributed by atoms with Crippen LogP contribution in [0.15, 0.2) is 24.4 Å². The summed E-state index contributed by atoms with van der Waals surface area (Å²) < 4.78 is 0. The monoisotopic (exact) mass is 325 g/mol. The SMILES string of the molecule is Cl.O=C(Nc1nnc(-c2ccccn2)s1)C1CCNCC1. The number of rotatable bonds is 3. The van der Waals surface area contributed by atoms with E-state index < -0.39 is 0 Å². The molecule has 1 aliphatic heterocycles. The standard InChI is InChI=1S/C13H15N5OS.ClH/c19-11(9-4-7-14-8-5-9)16-13-18-17-12(20-13)10-3-1-2-6-15-10;/h1-3,6,9,14H,4-5,7-8H2,(H,16,18,19);1H. The summed E-state index contributed by atoms with van der Waals surface area (Å²) in [4.78, 5) is 16.3. The number of aromatic nitrogens is 3. The Bertz CT molecular complexity index is 585. The quantitative estimate of drug-likeness (QED) is 0.901. The van der Waals surface area contributed by atoms with Crippen LogP contribution in [-0.4, -0.2) is 34.2 Å². The first-order valence-corrected chi connectivity index (χ1v) is 7.41. The Kier molecular flexibility index (Phi) is 5.60. The first kappa shape index (κ1) is 15.8. The molecule has 2 aromatic heterocycles. The van der Waals surface area contributed by atoms with Crippen molar-refractivity contribution >= 4 is 34.8 Å². The third-order valence-electron chi connectivity index (χ3n) is 3.25. The second-order valence-electron chi connectivity index (χ2n) is 4.64. The van der Waals surface area contributed by atoms with Crippen molar-refractivity contribution in [3.8, 4) is 10.7 Å². The van der Waals surface area contributed by atoms with Crippen molar-refractivity contribution in [3.05, 3.63) is 24.4 Å². The average molecular weight is 326 g/mol. The number of nitrogens with one attached hydrogen (secondary N) is 2. The highest BCUT2D eigenvalue weighted by Crippen LogP contribution is 2.25. The first-order chi connectivity index (χ1) is 9.83. The molecule has 0 saturated carbocycles. The molecule has 1 amide bonds. The van der Waals surface area contributed by atoms with Crippen LogP contribution in [0.2, 0.25) is 0 Å². The Balaban J connectivity index is 0.00000161. The van der Waals surface area contributed by atoms with Gasteiger partial charge in [-0.25, -0.2) is 0 Å². The van der Waals surface area contributed by atoms with Gasteiger partial charge < -0.3 is 10.6 Å². The topological polar surface area (TPSA) is 79.8 Å². The molecule has 0 unspecified atom stereocenters. The van der Waals surface area contributed by atoms with E-state index >= 15 is 0 Å². The maximum absolute atomic E-state index is 12.1. The van der Waals surface area contributed by atoms with Crippen LogP contribution < -0.4 is 10.6 Å². The third kappa shape index (κ3) is 3.96. The van der Waals surface area contributed by atoms with E-state index in [0.29, 0.717) is 10.1 Å². The Hall–Kier alpha value is -1.57. The fourth-order valence-corrected chi connectivity index (χ4v) is 2.88. The molecule has 0 bridgehead atoms. The molecule has 21 heavy (non-hydrogen) atoms. The molecule has 6 nitrogen and oxygen atoms in total. The predicted molar refractivity (Wildman–Crippen MR) is 84.6 cm³/mol. The van der Waals surface area contributed by atoms with Gasteiger partial charge in [0.25, 0.3) is 0 Å². The van der Waals surface area contributed by atoms with E-state index in [2.05, 4.69) is 25.8 Å². The zero-order valence-electron chi connectivity index (χ0n) is 11.3. The van der Waals surface area contributed by atoms with Crippen molar-refractivity contribution in [2.45, 2.75) is 12.8 Å². The normalized spacial score (nSPS) is 15.2. The van der Waals surface area contributed by atoms with Crippen LogP contribution in [-0.2, 0) is 4.79 Å². The van der Waals surface area contributed by atoms with Crippen molar-refractivity contribution in [2.24, 2.45) is 5.92 Å². The Morgan fingerprint density at radius 1 is 1.29 bits per heavy atom. The summed E-state index contributed by atoms with van der Waals surface area (Å²) in [5.74, 6) is 0.105. The summed E-state index contributed by atoms with van der Waals surface area (Å²) in [5.41, 5.74) is 0.771. The Morgan fingerprint density at radius 2 is 2.10 bits per heavy atom. The van der Waals surface area contributed by atoms with Crippen molar-refractivity contribution in [1.82, 2.24) is 20.5 Å². The van der Waals surface area contributed by atoms with E-state index in [1.54, 1.807) is 6.20 Å². The van der Waals surface area contributed by atoms with Gasteiger partial charge in [-0.3, -0.25) is 9.78 Å². The number of carbonyl (C=O) groups excluding carboxylic acids is 1. The molecule has 0 radical (unpaired) electrons. The van der Waals surface area contributed by atoms with E-state index in [1.165, 1.54) is 11.3 Å². The summed E-state index contributed by atoms with van der Waals surface area (Å²) >= 11 is 1.35. The predicted octanol–water partition coefficient (Wildman–Crippen LogP) is 1.96. The van der Waals surface area contributed by atoms with Gasteiger partial charge in [0.05, 0.1) is 0 Å². The number of pyridine rings is 1. The van der Waals surface area contributed by atoms with Crippen molar-refractivity contribution in [2.75, 3.05) is 18.4 Å². The minimum atomic E-state index is 0. The summed E-state index contributed by atoms with van der Waals surface area (Å²) in [6.45, 7) is 1.79. The number of nitrogens with zero attached hydrogens (tertiary/aromatic N) is 3. The summed E-state index contributed by atoms with van der Waals surface area (Å²) in [7, 11) is 0. The van der Waals surface area contributed by atoms with E-state index in [0.717, 1.165) is 31.6 Å². The van der Waals surface area contributed by atoms with E-state index in [9.17, 15) is 4.79 Å². The third-order valence-corrected chi connectivity index (χ3v) is 4.11. The van der Waals surface area contributed by atoms with Gasteiger partial charge in [0.15, 0.2) is 5.01 Å². The van der Waals surface area contributed by atoms with Gasteiger partial charge >= 0.3 is 0 Å². The van der Waals surface area contributed by atoms with Gasteiger partial charge in [-0.2, -0.15) is 0 Å². The summed E-state index contributed by atoms with van der Waals surface area (Å²) in [6.07, 6.45) is 3.46. The molecule has 0 atom stereocenters. The molecular weight excluding hydrogens is 310 g/mol. The first-order valence-electron chi connectivity index (χ1n) is 6.59. The number of halogens is 1. The van der Waals surface area contributed by atoms with Crippen molar-refractivity contribution in [1.29, 1.82) is 0 Å². The Labute approximate surface area is 132 Å². The molecule has 3 heterocycles. The maximum atomic E-state index is 12.1. The zero-order chi connectivity index (χ0) is 13.8. The summed E-state index contributed by atoms with van der Waals surface area (Å²) in [6, 6.07) is 5.63. The molecular formula is C13H16ClN5OS. The van der Waals surface area contributed by atoms with Crippen LogP contribution >= 0.6 is 23.7 Å². The molecule has 8 heteroatoms. The molecule has 0 aliphatic carbocycles. The van der Waals surface area contributed by atoms with Gasteiger partial charge in [-0.1, -0.05) is 17.4 Å². The fourth-order valence-electron chi connectivity index (χ4n) is 2.16. The number of amides is 1. The molecule has 2 N–H and O–H groups in total.